The molecule has 0 saturated carbocycles. The first-order valence-electron chi connectivity index (χ1n) is 7.40. The first kappa shape index (κ1) is 14.4. The number of hydrogen-bond acceptors (Lipinski definition) is 3. The van der Waals surface area contributed by atoms with Gasteiger partial charge in [-0.1, -0.05) is 30.3 Å². The zero-order valence-corrected chi connectivity index (χ0v) is 12.5. The predicted molar refractivity (Wildman–Crippen MR) is 85.4 cm³/mol. The molecule has 2 unspecified atom stereocenters. The van der Waals surface area contributed by atoms with Gasteiger partial charge >= 0.3 is 5.97 Å². The standard InChI is InChI=1S/C18H19NO3/c1-22-13-7-9-16-15(11-13)14(8-10-17(20)21)18(19-16)12-5-3-2-4-6-12/h2-7,9,11,14,18-19H,8,10H2,1H3,(H,20,21). The topological polar surface area (TPSA) is 58.6 Å². The highest BCUT2D eigenvalue weighted by Gasteiger charge is 2.33. The van der Waals surface area contributed by atoms with Crippen molar-refractivity contribution in [1.82, 2.24) is 0 Å². The van der Waals surface area contributed by atoms with E-state index in [1.54, 1.807) is 7.11 Å². The van der Waals surface area contributed by atoms with Crippen molar-refractivity contribution in [3.63, 3.8) is 0 Å². The van der Waals surface area contributed by atoms with E-state index in [1.807, 2.05) is 36.4 Å². The number of carboxylic acid groups (broad SMARTS) is 1. The molecule has 0 amide bonds. The van der Waals surface area contributed by atoms with Gasteiger partial charge in [0.1, 0.15) is 5.75 Å². The Hall–Kier alpha value is -2.49. The van der Waals surface area contributed by atoms with Crippen LogP contribution in [0.1, 0.15) is 35.9 Å². The van der Waals surface area contributed by atoms with Gasteiger partial charge in [-0.05, 0) is 35.7 Å². The average molecular weight is 297 g/mol. The molecule has 2 aromatic rings. The highest BCUT2D eigenvalue weighted by atomic mass is 16.5. The molecule has 1 aliphatic heterocycles. The molecule has 2 aromatic carbocycles. The molecule has 22 heavy (non-hydrogen) atoms. The quantitative estimate of drug-likeness (QED) is 0.881. The Morgan fingerprint density at radius 1 is 1.23 bits per heavy atom. The van der Waals surface area contributed by atoms with Gasteiger partial charge in [0.2, 0.25) is 0 Å². The van der Waals surface area contributed by atoms with Crippen LogP contribution in [0.2, 0.25) is 0 Å². The summed E-state index contributed by atoms with van der Waals surface area (Å²) in [4.78, 5) is 11.0. The molecule has 0 aliphatic carbocycles. The zero-order valence-electron chi connectivity index (χ0n) is 12.5. The van der Waals surface area contributed by atoms with Gasteiger partial charge in [0.05, 0.1) is 13.2 Å². The largest absolute Gasteiger partial charge is 0.497 e. The number of hydrogen-bond donors (Lipinski definition) is 2. The van der Waals surface area contributed by atoms with Crippen molar-refractivity contribution in [3.8, 4) is 5.75 Å². The van der Waals surface area contributed by atoms with Gasteiger partial charge in [-0.3, -0.25) is 4.79 Å². The minimum Gasteiger partial charge on any atom is -0.497 e. The fourth-order valence-corrected chi connectivity index (χ4v) is 3.13. The Kier molecular flexibility index (Phi) is 4.00. The summed E-state index contributed by atoms with van der Waals surface area (Å²) in [6.07, 6.45) is 0.758. The lowest BCUT2D eigenvalue weighted by Gasteiger charge is -2.20. The Labute approximate surface area is 129 Å². The molecule has 2 N–H and O–H groups in total. The molecule has 0 radical (unpaired) electrons. The van der Waals surface area contributed by atoms with Gasteiger partial charge in [-0.2, -0.15) is 0 Å². The third kappa shape index (κ3) is 2.77. The van der Waals surface area contributed by atoms with Gasteiger partial charge in [0.25, 0.3) is 0 Å². The minimum atomic E-state index is -0.761. The minimum absolute atomic E-state index is 0.0997. The Balaban J connectivity index is 1.95. The Bertz CT molecular complexity index is 669. The summed E-state index contributed by atoms with van der Waals surface area (Å²) in [5.74, 6) is 0.168. The summed E-state index contributed by atoms with van der Waals surface area (Å²) in [6.45, 7) is 0. The molecular weight excluding hydrogens is 278 g/mol. The number of carboxylic acids is 1. The summed E-state index contributed by atoms with van der Waals surface area (Å²) in [7, 11) is 1.64. The lowest BCUT2D eigenvalue weighted by atomic mass is 9.87. The van der Waals surface area contributed by atoms with Crippen molar-refractivity contribution >= 4 is 11.7 Å². The lowest BCUT2D eigenvalue weighted by molar-refractivity contribution is -0.137. The van der Waals surface area contributed by atoms with Crippen molar-refractivity contribution < 1.29 is 14.6 Å². The van der Waals surface area contributed by atoms with Crippen LogP contribution in [0.5, 0.6) is 5.75 Å². The number of carbonyl (C=O) groups is 1. The number of fused-ring (bicyclic) bond motifs is 1. The van der Waals surface area contributed by atoms with Crippen LogP contribution in [-0.4, -0.2) is 18.2 Å². The Morgan fingerprint density at radius 2 is 2.00 bits per heavy atom. The van der Waals surface area contributed by atoms with Crippen LogP contribution < -0.4 is 10.1 Å². The number of rotatable bonds is 5. The van der Waals surface area contributed by atoms with Gasteiger partial charge in [-0.25, -0.2) is 0 Å². The zero-order chi connectivity index (χ0) is 15.5. The predicted octanol–water partition coefficient (Wildman–Crippen LogP) is 3.81. The first-order chi connectivity index (χ1) is 10.7. The molecule has 2 atom stereocenters. The first-order valence-corrected chi connectivity index (χ1v) is 7.40. The summed E-state index contributed by atoms with van der Waals surface area (Å²) in [6, 6.07) is 16.2. The van der Waals surface area contributed by atoms with Crippen LogP contribution in [0.25, 0.3) is 0 Å². The van der Waals surface area contributed by atoms with Gasteiger partial charge in [0.15, 0.2) is 0 Å². The van der Waals surface area contributed by atoms with E-state index >= 15 is 0 Å². The van der Waals surface area contributed by atoms with Crippen LogP contribution >= 0.6 is 0 Å². The van der Waals surface area contributed by atoms with E-state index < -0.39 is 5.97 Å². The van der Waals surface area contributed by atoms with Crippen molar-refractivity contribution in [2.75, 3.05) is 12.4 Å². The number of aliphatic carboxylic acids is 1. The number of benzene rings is 2. The van der Waals surface area contributed by atoms with Gasteiger partial charge in [0, 0.05) is 18.0 Å². The summed E-state index contributed by atoms with van der Waals surface area (Å²) < 4.78 is 5.31. The van der Waals surface area contributed by atoms with Crippen molar-refractivity contribution in [2.24, 2.45) is 0 Å². The monoisotopic (exact) mass is 297 g/mol. The van der Waals surface area contributed by atoms with Crippen LogP contribution in [0, 0.1) is 0 Å². The van der Waals surface area contributed by atoms with Gasteiger partial charge in [-0.15, -0.1) is 0 Å². The second-order valence-electron chi connectivity index (χ2n) is 5.52. The second-order valence-corrected chi connectivity index (χ2v) is 5.52. The van der Waals surface area contributed by atoms with E-state index in [9.17, 15) is 4.79 Å². The molecule has 4 heteroatoms. The fourth-order valence-electron chi connectivity index (χ4n) is 3.13. The maximum atomic E-state index is 11.0. The number of methoxy groups -OCH3 is 1. The molecule has 0 aromatic heterocycles. The summed E-state index contributed by atoms with van der Waals surface area (Å²) in [5.41, 5.74) is 3.37. The second kappa shape index (κ2) is 6.10. The maximum absolute atomic E-state index is 11.0. The molecule has 0 spiro atoms. The van der Waals surface area contributed by atoms with Crippen LogP contribution in [-0.2, 0) is 4.79 Å². The number of nitrogens with one attached hydrogen (secondary N) is 1. The normalized spacial score (nSPS) is 19.3. The molecule has 1 heterocycles. The molecule has 0 fully saturated rings. The third-order valence-corrected chi connectivity index (χ3v) is 4.20. The molecule has 1 aliphatic rings. The van der Waals surface area contributed by atoms with E-state index in [1.165, 1.54) is 5.56 Å². The van der Waals surface area contributed by atoms with Crippen LogP contribution in [0.4, 0.5) is 5.69 Å². The number of anilines is 1. The van der Waals surface area contributed by atoms with E-state index in [-0.39, 0.29) is 18.4 Å². The molecule has 0 saturated heterocycles. The van der Waals surface area contributed by atoms with E-state index in [0.717, 1.165) is 17.0 Å². The maximum Gasteiger partial charge on any atom is 0.303 e. The molecule has 3 rings (SSSR count). The smallest absolute Gasteiger partial charge is 0.303 e. The van der Waals surface area contributed by atoms with Gasteiger partial charge < -0.3 is 15.2 Å². The highest BCUT2D eigenvalue weighted by molar-refractivity contribution is 5.68. The highest BCUT2D eigenvalue weighted by Crippen LogP contribution is 2.47. The van der Waals surface area contributed by atoms with Crippen LogP contribution in [0.15, 0.2) is 48.5 Å². The molecule has 0 bridgehead atoms. The van der Waals surface area contributed by atoms with Crippen molar-refractivity contribution in [1.29, 1.82) is 0 Å². The summed E-state index contributed by atoms with van der Waals surface area (Å²) in [5, 5.41) is 12.6. The molecular formula is C18H19NO3. The summed E-state index contributed by atoms with van der Waals surface area (Å²) >= 11 is 0. The Morgan fingerprint density at radius 3 is 2.68 bits per heavy atom. The lowest BCUT2D eigenvalue weighted by Crippen LogP contribution is -2.13. The van der Waals surface area contributed by atoms with E-state index in [2.05, 4.69) is 17.4 Å². The molecule has 114 valence electrons. The van der Waals surface area contributed by atoms with Crippen LogP contribution in [0.3, 0.4) is 0 Å². The molecule has 4 nitrogen and oxygen atoms in total. The third-order valence-electron chi connectivity index (χ3n) is 4.20. The average Bonchev–Trinajstić information content (AvgIpc) is 2.91. The van der Waals surface area contributed by atoms with Crippen molar-refractivity contribution in [3.05, 3.63) is 59.7 Å². The fraction of sp³-hybridized carbons (Fsp3) is 0.278. The van der Waals surface area contributed by atoms with E-state index in [4.69, 9.17) is 9.84 Å². The van der Waals surface area contributed by atoms with Crippen molar-refractivity contribution in [2.45, 2.75) is 24.8 Å². The number of ether oxygens (including phenoxy) is 1. The SMILES string of the molecule is COc1ccc2c(c1)C(CCC(=O)O)C(c1ccccc1)N2. The van der Waals surface area contributed by atoms with E-state index in [0.29, 0.717) is 6.42 Å².